The fourth-order valence-electron chi connectivity index (χ4n) is 2.72. The van der Waals surface area contributed by atoms with Crippen LogP contribution in [0.1, 0.15) is 18.1 Å². The zero-order valence-electron chi connectivity index (χ0n) is 16.3. The van der Waals surface area contributed by atoms with E-state index in [4.69, 9.17) is 21.1 Å². The number of hydrogen-bond acceptors (Lipinski definition) is 4. The molecule has 0 spiro atoms. The van der Waals surface area contributed by atoms with Gasteiger partial charge in [0.2, 0.25) is 5.91 Å². The van der Waals surface area contributed by atoms with Crippen molar-refractivity contribution in [1.29, 1.82) is 0 Å². The van der Waals surface area contributed by atoms with Crippen LogP contribution in [-0.4, -0.2) is 38.1 Å². The van der Waals surface area contributed by atoms with E-state index in [9.17, 15) is 18.0 Å². The third kappa shape index (κ3) is 6.54. The second kappa shape index (κ2) is 9.84. The number of ether oxygens (including phenoxy) is 2. The van der Waals surface area contributed by atoms with Gasteiger partial charge < -0.3 is 14.8 Å². The Morgan fingerprint density at radius 2 is 1.90 bits per heavy atom. The molecule has 2 aromatic carbocycles. The van der Waals surface area contributed by atoms with Crippen LogP contribution in [0.3, 0.4) is 0 Å². The fraction of sp³-hybridized carbons (Fsp3) is 0.350. The minimum atomic E-state index is -4.60. The molecule has 5 nitrogen and oxygen atoms in total. The van der Waals surface area contributed by atoms with Gasteiger partial charge in [0, 0.05) is 12.2 Å². The van der Waals surface area contributed by atoms with Crippen molar-refractivity contribution in [2.24, 2.45) is 0 Å². The number of halogens is 4. The lowest BCUT2D eigenvalue weighted by atomic mass is 10.2. The molecule has 1 amide bonds. The molecular weight excluding hydrogens is 409 g/mol. The molecule has 0 bridgehead atoms. The maximum Gasteiger partial charge on any atom is 0.417 e. The standard InChI is InChI=1S/C20H22ClF3N2O3/c1-4-29-17-8-5-13(9-18(17)28-3)11-26(2)12-19(27)25-14-6-7-16(21)15(10-14)20(22,23)24/h5-10H,4,11-12H2,1-3H3,(H,25,27). The first-order valence-electron chi connectivity index (χ1n) is 8.79. The van der Waals surface area contributed by atoms with Crippen LogP contribution in [0.15, 0.2) is 36.4 Å². The Bertz CT molecular complexity index is 859. The molecule has 0 unspecified atom stereocenters. The number of methoxy groups -OCH3 is 1. The normalized spacial score (nSPS) is 11.4. The summed E-state index contributed by atoms with van der Waals surface area (Å²) in [6.45, 7) is 2.80. The molecule has 0 saturated carbocycles. The summed E-state index contributed by atoms with van der Waals surface area (Å²) < 4.78 is 49.6. The summed E-state index contributed by atoms with van der Waals surface area (Å²) in [7, 11) is 3.27. The van der Waals surface area contributed by atoms with Crippen LogP contribution < -0.4 is 14.8 Å². The molecule has 29 heavy (non-hydrogen) atoms. The molecule has 0 heterocycles. The van der Waals surface area contributed by atoms with E-state index >= 15 is 0 Å². The Kier molecular flexibility index (Phi) is 7.75. The maximum atomic E-state index is 12.9. The molecule has 0 aliphatic heterocycles. The van der Waals surface area contributed by atoms with Gasteiger partial charge in [0.15, 0.2) is 11.5 Å². The molecule has 0 saturated heterocycles. The SMILES string of the molecule is CCOc1ccc(CN(C)CC(=O)Nc2ccc(Cl)c(C(F)(F)F)c2)cc1OC. The van der Waals surface area contributed by atoms with Gasteiger partial charge in [-0.1, -0.05) is 17.7 Å². The first-order valence-corrected chi connectivity index (χ1v) is 9.16. The highest BCUT2D eigenvalue weighted by Gasteiger charge is 2.33. The fourth-order valence-corrected chi connectivity index (χ4v) is 2.94. The van der Waals surface area contributed by atoms with Crippen molar-refractivity contribution < 1.29 is 27.4 Å². The topological polar surface area (TPSA) is 50.8 Å². The number of nitrogens with one attached hydrogen (secondary N) is 1. The number of nitrogens with zero attached hydrogens (tertiary/aromatic N) is 1. The molecule has 2 aromatic rings. The summed E-state index contributed by atoms with van der Waals surface area (Å²) in [5.41, 5.74) is -0.0684. The number of amides is 1. The second-order valence-electron chi connectivity index (χ2n) is 6.33. The van der Waals surface area contributed by atoms with Crippen LogP contribution in [0, 0.1) is 0 Å². The van der Waals surface area contributed by atoms with E-state index in [0.717, 1.165) is 17.7 Å². The minimum absolute atomic E-state index is 0.0144. The zero-order valence-corrected chi connectivity index (χ0v) is 17.0. The van der Waals surface area contributed by atoms with Gasteiger partial charge in [-0.05, 0) is 49.9 Å². The highest BCUT2D eigenvalue weighted by atomic mass is 35.5. The molecule has 0 aromatic heterocycles. The third-order valence-corrected chi connectivity index (χ3v) is 4.28. The van der Waals surface area contributed by atoms with Gasteiger partial charge in [-0.3, -0.25) is 9.69 Å². The molecule has 9 heteroatoms. The lowest BCUT2D eigenvalue weighted by molar-refractivity contribution is -0.137. The van der Waals surface area contributed by atoms with Crippen molar-refractivity contribution in [3.05, 3.63) is 52.5 Å². The lowest BCUT2D eigenvalue weighted by Gasteiger charge is -2.18. The lowest BCUT2D eigenvalue weighted by Crippen LogP contribution is -2.30. The first kappa shape index (κ1) is 22.8. The van der Waals surface area contributed by atoms with Crippen LogP contribution in [0.25, 0.3) is 0 Å². The van der Waals surface area contributed by atoms with E-state index in [2.05, 4.69) is 5.32 Å². The Labute approximate surface area is 172 Å². The van der Waals surface area contributed by atoms with E-state index in [1.54, 1.807) is 25.1 Å². The zero-order chi connectivity index (χ0) is 21.6. The van der Waals surface area contributed by atoms with E-state index in [-0.39, 0.29) is 12.2 Å². The van der Waals surface area contributed by atoms with Gasteiger partial charge in [0.25, 0.3) is 0 Å². The summed E-state index contributed by atoms with van der Waals surface area (Å²) >= 11 is 5.59. The largest absolute Gasteiger partial charge is 0.493 e. The van der Waals surface area contributed by atoms with Gasteiger partial charge in [-0.2, -0.15) is 13.2 Å². The van der Waals surface area contributed by atoms with Gasteiger partial charge in [-0.25, -0.2) is 0 Å². The predicted octanol–water partition coefficient (Wildman–Crippen LogP) is 4.84. The van der Waals surface area contributed by atoms with Crippen LogP contribution in [0.2, 0.25) is 5.02 Å². The molecular formula is C20H22ClF3N2O3. The van der Waals surface area contributed by atoms with E-state index in [1.165, 1.54) is 6.07 Å². The smallest absolute Gasteiger partial charge is 0.417 e. The molecule has 0 atom stereocenters. The number of rotatable bonds is 8. The Morgan fingerprint density at radius 1 is 1.17 bits per heavy atom. The maximum absolute atomic E-state index is 12.9. The summed E-state index contributed by atoms with van der Waals surface area (Å²) in [6.07, 6.45) is -4.60. The molecule has 0 aliphatic rings. The summed E-state index contributed by atoms with van der Waals surface area (Å²) in [4.78, 5) is 13.9. The number of hydrogen-bond donors (Lipinski definition) is 1. The van der Waals surface area contributed by atoms with E-state index < -0.39 is 22.7 Å². The first-order chi connectivity index (χ1) is 13.6. The van der Waals surface area contributed by atoms with Gasteiger partial charge in [-0.15, -0.1) is 0 Å². The predicted molar refractivity (Wildman–Crippen MR) is 106 cm³/mol. The Hall–Kier alpha value is -2.45. The van der Waals surface area contributed by atoms with Gasteiger partial charge >= 0.3 is 6.18 Å². The molecule has 2 rings (SSSR count). The summed E-state index contributed by atoms with van der Waals surface area (Å²) in [5, 5.41) is 2.04. The quantitative estimate of drug-likeness (QED) is 0.651. The molecule has 1 N–H and O–H groups in total. The van der Waals surface area contributed by atoms with Crippen molar-refractivity contribution in [2.75, 3.05) is 32.6 Å². The van der Waals surface area contributed by atoms with Crippen molar-refractivity contribution in [3.63, 3.8) is 0 Å². The van der Waals surface area contributed by atoms with Crippen molar-refractivity contribution in [2.45, 2.75) is 19.6 Å². The van der Waals surface area contributed by atoms with E-state index in [1.807, 2.05) is 19.1 Å². The monoisotopic (exact) mass is 430 g/mol. The highest BCUT2D eigenvalue weighted by Crippen LogP contribution is 2.36. The molecule has 158 valence electrons. The average Bonchev–Trinajstić information content (AvgIpc) is 2.63. The summed E-state index contributed by atoms with van der Waals surface area (Å²) in [5.74, 6) is 0.770. The number of carbonyl (C=O) groups excluding carboxylic acids is 1. The molecule has 0 radical (unpaired) electrons. The summed E-state index contributed by atoms with van der Waals surface area (Å²) in [6, 6.07) is 8.71. The van der Waals surface area contributed by atoms with Crippen molar-refractivity contribution >= 4 is 23.2 Å². The van der Waals surface area contributed by atoms with Gasteiger partial charge in [0.1, 0.15) is 0 Å². The van der Waals surface area contributed by atoms with Crippen LogP contribution in [0.5, 0.6) is 11.5 Å². The minimum Gasteiger partial charge on any atom is -0.493 e. The Morgan fingerprint density at radius 3 is 2.52 bits per heavy atom. The molecule has 0 fully saturated rings. The van der Waals surface area contributed by atoms with Crippen LogP contribution in [0.4, 0.5) is 18.9 Å². The number of likely N-dealkylation sites (N-methyl/N-ethyl adjacent to an activating group) is 1. The molecule has 0 aliphatic carbocycles. The average molecular weight is 431 g/mol. The number of alkyl halides is 3. The van der Waals surface area contributed by atoms with Crippen LogP contribution in [-0.2, 0) is 17.5 Å². The van der Waals surface area contributed by atoms with E-state index in [0.29, 0.717) is 24.7 Å². The van der Waals surface area contributed by atoms with Gasteiger partial charge in [0.05, 0.1) is 30.8 Å². The van der Waals surface area contributed by atoms with Crippen molar-refractivity contribution in [1.82, 2.24) is 4.90 Å². The second-order valence-corrected chi connectivity index (χ2v) is 6.74. The third-order valence-electron chi connectivity index (χ3n) is 3.95. The Balaban J connectivity index is 1.99. The van der Waals surface area contributed by atoms with Crippen molar-refractivity contribution in [3.8, 4) is 11.5 Å². The number of benzene rings is 2. The number of anilines is 1. The van der Waals surface area contributed by atoms with Crippen LogP contribution >= 0.6 is 11.6 Å². The highest BCUT2D eigenvalue weighted by molar-refractivity contribution is 6.31. The number of carbonyl (C=O) groups is 1.